The van der Waals surface area contributed by atoms with Gasteiger partial charge in [-0.1, -0.05) is 26.0 Å². The fourth-order valence-electron chi connectivity index (χ4n) is 3.38. The average molecular weight is 366 g/mol. The number of hydrogen-bond donors (Lipinski definition) is 0. The molecule has 0 radical (unpaired) electrons. The minimum atomic E-state index is -0.278. The molecule has 1 aromatic heterocycles. The second-order valence-corrected chi connectivity index (χ2v) is 7.17. The third kappa shape index (κ3) is 4.43. The first kappa shape index (κ1) is 18.8. The molecule has 1 unspecified atom stereocenters. The highest BCUT2D eigenvalue weighted by Crippen LogP contribution is 2.24. The Balaban J connectivity index is 1.83. The van der Waals surface area contributed by atoms with E-state index < -0.39 is 0 Å². The summed E-state index contributed by atoms with van der Waals surface area (Å²) in [4.78, 5) is 21.2. The fourth-order valence-corrected chi connectivity index (χ4v) is 3.38. The number of carbonyl (C=O) groups is 1. The van der Waals surface area contributed by atoms with E-state index in [0.717, 1.165) is 11.4 Å². The lowest BCUT2D eigenvalue weighted by atomic mass is 10.0. The minimum absolute atomic E-state index is 0.0162. The van der Waals surface area contributed by atoms with Crippen LogP contribution in [0, 0.1) is 23.1 Å². The molecule has 5 nitrogen and oxygen atoms in total. The molecule has 1 fully saturated rings. The number of amides is 1. The molecule has 140 valence electrons. The zero-order valence-electron chi connectivity index (χ0n) is 15.6. The highest BCUT2D eigenvalue weighted by Gasteiger charge is 2.32. The van der Waals surface area contributed by atoms with Crippen molar-refractivity contribution in [2.75, 3.05) is 18.0 Å². The van der Waals surface area contributed by atoms with Gasteiger partial charge in [0, 0.05) is 32.3 Å². The van der Waals surface area contributed by atoms with Crippen LogP contribution in [0.25, 0.3) is 0 Å². The summed E-state index contributed by atoms with van der Waals surface area (Å²) in [5.74, 6) is 0.845. The maximum absolute atomic E-state index is 13.2. The highest BCUT2D eigenvalue weighted by atomic mass is 19.1. The van der Waals surface area contributed by atoms with Crippen molar-refractivity contribution in [1.82, 2.24) is 9.88 Å². The van der Waals surface area contributed by atoms with E-state index in [1.807, 2.05) is 11.0 Å². The average Bonchev–Trinajstić information content (AvgIpc) is 2.83. The van der Waals surface area contributed by atoms with Gasteiger partial charge in [0.05, 0.1) is 11.6 Å². The van der Waals surface area contributed by atoms with Crippen molar-refractivity contribution in [3.05, 3.63) is 59.5 Å². The van der Waals surface area contributed by atoms with Gasteiger partial charge in [0.1, 0.15) is 17.7 Å². The van der Waals surface area contributed by atoms with Crippen LogP contribution in [-0.2, 0) is 11.3 Å². The van der Waals surface area contributed by atoms with Crippen LogP contribution in [0.5, 0.6) is 0 Å². The quantitative estimate of drug-likeness (QED) is 0.833. The third-order valence-corrected chi connectivity index (χ3v) is 4.96. The molecule has 6 heteroatoms. The van der Waals surface area contributed by atoms with Crippen LogP contribution in [0.2, 0.25) is 0 Å². The molecule has 1 aliphatic heterocycles. The van der Waals surface area contributed by atoms with Gasteiger partial charge in [0.2, 0.25) is 5.91 Å². The largest absolute Gasteiger partial charge is 0.354 e. The summed E-state index contributed by atoms with van der Waals surface area (Å²) in [5.41, 5.74) is 1.43. The van der Waals surface area contributed by atoms with E-state index in [2.05, 4.69) is 29.8 Å². The lowest BCUT2D eigenvalue weighted by Crippen LogP contribution is -2.46. The Morgan fingerprint density at radius 2 is 2.00 bits per heavy atom. The Bertz CT molecular complexity index is 827. The minimum Gasteiger partial charge on any atom is -0.354 e. The van der Waals surface area contributed by atoms with Crippen LogP contribution in [0.1, 0.15) is 31.4 Å². The van der Waals surface area contributed by atoms with Crippen molar-refractivity contribution in [2.24, 2.45) is 5.92 Å². The van der Waals surface area contributed by atoms with Crippen LogP contribution >= 0.6 is 0 Å². The van der Waals surface area contributed by atoms with E-state index >= 15 is 0 Å². The van der Waals surface area contributed by atoms with Crippen LogP contribution < -0.4 is 4.90 Å². The van der Waals surface area contributed by atoms with Crippen molar-refractivity contribution >= 4 is 11.7 Å². The number of benzene rings is 1. The van der Waals surface area contributed by atoms with Crippen molar-refractivity contribution < 1.29 is 9.18 Å². The SMILES string of the molecule is CC(C)C1CN(c2ccc(C#N)cn2)CCC(=O)N1Cc1ccc(F)cc1. The van der Waals surface area contributed by atoms with Gasteiger partial charge in [-0.05, 0) is 35.7 Å². The molecular weight excluding hydrogens is 343 g/mol. The number of hydrogen-bond acceptors (Lipinski definition) is 4. The van der Waals surface area contributed by atoms with Crippen molar-refractivity contribution in [3.8, 4) is 6.07 Å². The molecule has 27 heavy (non-hydrogen) atoms. The van der Waals surface area contributed by atoms with Gasteiger partial charge in [0.25, 0.3) is 0 Å². The number of anilines is 1. The monoisotopic (exact) mass is 366 g/mol. The van der Waals surface area contributed by atoms with Crippen LogP contribution in [0.4, 0.5) is 10.2 Å². The Labute approximate surface area is 159 Å². The maximum atomic E-state index is 13.2. The predicted octanol–water partition coefficient (Wildman–Crippen LogP) is 3.36. The molecular formula is C21H23FN4O. The number of halogens is 1. The lowest BCUT2D eigenvalue weighted by molar-refractivity contribution is -0.134. The second kappa shape index (κ2) is 8.17. The van der Waals surface area contributed by atoms with Crippen molar-refractivity contribution in [3.63, 3.8) is 0 Å². The number of nitriles is 1. The van der Waals surface area contributed by atoms with Gasteiger partial charge < -0.3 is 9.80 Å². The maximum Gasteiger partial charge on any atom is 0.224 e. The van der Waals surface area contributed by atoms with Gasteiger partial charge >= 0.3 is 0 Å². The van der Waals surface area contributed by atoms with E-state index in [4.69, 9.17) is 5.26 Å². The molecule has 3 rings (SSSR count). The summed E-state index contributed by atoms with van der Waals surface area (Å²) in [6.07, 6.45) is 1.95. The Morgan fingerprint density at radius 3 is 2.59 bits per heavy atom. The molecule has 1 aliphatic rings. The topological polar surface area (TPSA) is 60.2 Å². The zero-order chi connectivity index (χ0) is 19.4. The van der Waals surface area contributed by atoms with Gasteiger partial charge in [-0.2, -0.15) is 5.26 Å². The van der Waals surface area contributed by atoms with E-state index in [9.17, 15) is 9.18 Å². The molecule has 2 aromatic rings. The highest BCUT2D eigenvalue weighted by molar-refractivity contribution is 5.78. The number of carbonyl (C=O) groups excluding carboxylic acids is 1. The Morgan fingerprint density at radius 1 is 1.26 bits per heavy atom. The number of rotatable bonds is 4. The molecule has 0 bridgehead atoms. The second-order valence-electron chi connectivity index (χ2n) is 7.17. The standard InChI is InChI=1S/C21H23FN4O/c1-15(2)19-14-25(20-8-5-17(11-23)12-24-20)10-9-21(27)26(19)13-16-3-6-18(22)7-4-16/h3-8,12,15,19H,9-10,13-14H2,1-2H3. The summed E-state index contributed by atoms with van der Waals surface area (Å²) in [6.45, 7) is 5.93. The lowest BCUT2D eigenvalue weighted by Gasteiger charge is -2.35. The fraction of sp³-hybridized carbons (Fsp3) is 0.381. The van der Waals surface area contributed by atoms with E-state index in [0.29, 0.717) is 31.6 Å². The Kier molecular flexibility index (Phi) is 5.70. The molecule has 0 saturated carbocycles. The molecule has 2 heterocycles. The first-order valence-corrected chi connectivity index (χ1v) is 9.13. The first-order valence-electron chi connectivity index (χ1n) is 9.13. The normalized spacial score (nSPS) is 17.7. The molecule has 0 spiro atoms. The Hall–Kier alpha value is -2.94. The number of nitrogens with zero attached hydrogens (tertiary/aromatic N) is 4. The van der Waals surface area contributed by atoms with Crippen molar-refractivity contribution in [1.29, 1.82) is 5.26 Å². The van der Waals surface area contributed by atoms with Crippen LogP contribution in [0.15, 0.2) is 42.6 Å². The molecule has 1 saturated heterocycles. The molecule has 1 amide bonds. The zero-order valence-corrected chi connectivity index (χ0v) is 15.6. The summed E-state index contributed by atoms with van der Waals surface area (Å²) >= 11 is 0. The van der Waals surface area contributed by atoms with Gasteiger partial charge in [-0.15, -0.1) is 0 Å². The van der Waals surface area contributed by atoms with Gasteiger partial charge in [-0.25, -0.2) is 9.37 Å². The smallest absolute Gasteiger partial charge is 0.224 e. The molecule has 0 N–H and O–H groups in total. The summed E-state index contributed by atoms with van der Waals surface area (Å²) in [5, 5.41) is 8.95. The summed E-state index contributed by atoms with van der Waals surface area (Å²) < 4.78 is 13.2. The van der Waals surface area contributed by atoms with Crippen LogP contribution in [0.3, 0.4) is 0 Å². The summed E-state index contributed by atoms with van der Waals surface area (Å²) in [6, 6.07) is 12.0. The molecule has 1 atom stereocenters. The predicted molar refractivity (Wildman–Crippen MR) is 101 cm³/mol. The van der Waals surface area contributed by atoms with E-state index in [1.54, 1.807) is 24.4 Å². The van der Waals surface area contributed by atoms with Gasteiger partial charge in [0.15, 0.2) is 0 Å². The number of pyridine rings is 1. The first-order chi connectivity index (χ1) is 13.0. The molecule has 1 aromatic carbocycles. The third-order valence-electron chi connectivity index (χ3n) is 4.96. The van der Waals surface area contributed by atoms with Crippen molar-refractivity contribution in [2.45, 2.75) is 32.9 Å². The van der Waals surface area contributed by atoms with Gasteiger partial charge in [-0.3, -0.25) is 4.79 Å². The van der Waals surface area contributed by atoms with E-state index in [1.165, 1.54) is 12.1 Å². The van der Waals surface area contributed by atoms with E-state index in [-0.39, 0.29) is 23.7 Å². The van der Waals surface area contributed by atoms with Crippen LogP contribution in [-0.4, -0.2) is 34.9 Å². The number of aromatic nitrogens is 1. The summed E-state index contributed by atoms with van der Waals surface area (Å²) in [7, 11) is 0. The molecule has 0 aliphatic carbocycles.